The average Bonchev–Trinajstić information content (AvgIpc) is 2.48. The molecule has 0 radical (unpaired) electrons. The van der Waals surface area contributed by atoms with Gasteiger partial charge in [0.1, 0.15) is 6.04 Å². The highest BCUT2D eigenvalue weighted by Gasteiger charge is 2.33. The van der Waals surface area contributed by atoms with Crippen molar-refractivity contribution in [2.75, 3.05) is 13.1 Å². The van der Waals surface area contributed by atoms with Gasteiger partial charge in [0.2, 0.25) is 5.91 Å². The van der Waals surface area contributed by atoms with Crippen LogP contribution in [-0.2, 0) is 9.59 Å². The summed E-state index contributed by atoms with van der Waals surface area (Å²) in [5.74, 6) is 4.50. The fraction of sp³-hybridized carbons (Fsp3) is 0.429. The molecule has 1 saturated heterocycles. The lowest BCUT2D eigenvalue weighted by atomic mass is 9.94. The molecule has 6 heteroatoms. The minimum Gasteiger partial charge on any atom is -0.369 e. The summed E-state index contributed by atoms with van der Waals surface area (Å²) in [4.78, 5) is 25.4. The van der Waals surface area contributed by atoms with Crippen molar-refractivity contribution in [2.24, 2.45) is 17.5 Å². The number of amides is 2. The number of hydrazine groups is 1. The summed E-state index contributed by atoms with van der Waals surface area (Å²) in [7, 11) is 0. The van der Waals surface area contributed by atoms with Crippen LogP contribution in [0.2, 0.25) is 0 Å². The van der Waals surface area contributed by atoms with Gasteiger partial charge >= 0.3 is 0 Å². The third kappa shape index (κ3) is 3.15. The molecule has 0 saturated carbocycles. The highest BCUT2D eigenvalue weighted by Crippen LogP contribution is 2.27. The summed E-state index contributed by atoms with van der Waals surface area (Å²) in [5.41, 5.74) is 8.46. The van der Waals surface area contributed by atoms with Gasteiger partial charge < -0.3 is 5.73 Å². The van der Waals surface area contributed by atoms with Crippen molar-refractivity contribution in [1.29, 1.82) is 0 Å². The van der Waals surface area contributed by atoms with Crippen LogP contribution in [0.3, 0.4) is 0 Å². The Morgan fingerprint density at radius 3 is 2.60 bits per heavy atom. The molecule has 2 atom stereocenters. The average molecular weight is 276 g/mol. The molecular weight excluding hydrogens is 256 g/mol. The van der Waals surface area contributed by atoms with Gasteiger partial charge in [-0.3, -0.25) is 19.9 Å². The van der Waals surface area contributed by atoms with E-state index in [9.17, 15) is 9.59 Å². The van der Waals surface area contributed by atoms with E-state index >= 15 is 0 Å². The van der Waals surface area contributed by atoms with Gasteiger partial charge in [0.15, 0.2) is 0 Å². The first-order chi connectivity index (χ1) is 9.63. The molecule has 1 aromatic rings. The van der Waals surface area contributed by atoms with Crippen molar-refractivity contribution in [1.82, 2.24) is 10.3 Å². The van der Waals surface area contributed by atoms with Gasteiger partial charge in [-0.2, -0.15) is 0 Å². The van der Waals surface area contributed by atoms with Crippen molar-refractivity contribution >= 4 is 11.8 Å². The summed E-state index contributed by atoms with van der Waals surface area (Å²) < 4.78 is 0. The van der Waals surface area contributed by atoms with Crippen LogP contribution in [0.25, 0.3) is 0 Å². The number of piperidine rings is 1. The zero-order valence-corrected chi connectivity index (χ0v) is 11.3. The van der Waals surface area contributed by atoms with Crippen LogP contribution in [0.4, 0.5) is 0 Å². The molecule has 2 unspecified atom stereocenters. The molecule has 0 bridgehead atoms. The van der Waals surface area contributed by atoms with E-state index in [0.29, 0.717) is 6.54 Å². The van der Waals surface area contributed by atoms with Crippen LogP contribution in [0, 0.1) is 5.92 Å². The summed E-state index contributed by atoms with van der Waals surface area (Å²) >= 11 is 0. The van der Waals surface area contributed by atoms with Crippen molar-refractivity contribution in [2.45, 2.75) is 18.9 Å². The Kier molecular flexibility index (Phi) is 4.70. The number of hydrogen-bond donors (Lipinski definition) is 3. The first kappa shape index (κ1) is 14.5. The number of nitrogens with one attached hydrogen (secondary N) is 1. The number of carbonyl (C=O) groups is 2. The zero-order chi connectivity index (χ0) is 14.5. The van der Waals surface area contributed by atoms with E-state index in [1.165, 1.54) is 0 Å². The Morgan fingerprint density at radius 1 is 1.30 bits per heavy atom. The molecule has 2 amide bonds. The number of carbonyl (C=O) groups excluding carboxylic acids is 2. The number of primary amides is 1. The molecule has 6 nitrogen and oxygen atoms in total. The molecule has 1 heterocycles. The summed E-state index contributed by atoms with van der Waals surface area (Å²) in [5, 5.41) is 0. The third-order valence-corrected chi connectivity index (χ3v) is 3.73. The van der Waals surface area contributed by atoms with Gasteiger partial charge in [0.25, 0.3) is 5.91 Å². The molecular formula is C14H20N4O2. The number of hydrogen-bond acceptors (Lipinski definition) is 4. The molecule has 0 aromatic heterocycles. The minimum atomic E-state index is -0.483. The molecule has 1 aromatic carbocycles. The number of nitrogens with zero attached hydrogens (tertiary/aromatic N) is 1. The molecule has 108 valence electrons. The second kappa shape index (κ2) is 6.49. The van der Waals surface area contributed by atoms with Crippen molar-refractivity contribution in [3.8, 4) is 0 Å². The van der Waals surface area contributed by atoms with Gasteiger partial charge in [-0.15, -0.1) is 0 Å². The molecule has 1 aliphatic rings. The van der Waals surface area contributed by atoms with Gasteiger partial charge in [-0.05, 0) is 24.9 Å². The smallest absolute Gasteiger partial charge is 0.255 e. The molecule has 0 aliphatic carbocycles. The van der Waals surface area contributed by atoms with Gasteiger partial charge in [-0.25, -0.2) is 5.84 Å². The SMILES string of the molecule is NNC(=O)C(c1ccccc1)N1CCCC(C(N)=O)C1. The van der Waals surface area contributed by atoms with Crippen LogP contribution in [-0.4, -0.2) is 29.8 Å². The molecule has 2 rings (SSSR count). The molecule has 1 aliphatic heterocycles. The second-order valence-electron chi connectivity index (χ2n) is 5.06. The van der Waals surface area contributed by atoms with E-state index in [1.807, 2.05) is 35.2 Å². The topological polar surface area (TPSA) is 101 Å². The van der Waals surface area contributed by atoms with E-state index < -0.39 is 6.04 Å². The molecule has 1 fully saturated rings. The summed E-state index contributed by atoms with van der Waals surface area (Å²) in [6, 6.07) is 8.93. The van der Waals surface area contributed by atoms with Crippen LogP contribution >= 0.6 is 0 Å². The van der Waals surface area contributed by atoms with E-state index in [0.717, 1.165) is 24.9 Å². The Balaban J connectivity index is 2.23. The van der Waals surface area contributed by atoms with E-state index in [1.54, 1.807) is 0 Å². The van der Waals surface area contributed by atoms with Crippen LogP contribution in [0.1, 0.15) is 24.4 Å². The van der Waals surface area contributed by atoms with Crippen molar-refractivity contribution in [3.63, 3.8) is 0 Å². The quantitative estimate of drug-likeness (QED) is 0.406. The first-order valence-electron chi connectivity index (χ1n) is 6.72. The Morgan fingerprint density at radius 2 is 2.00 bits per heavy atom. The molecule has 5 N–H and O–H groups in total. The second-order valence-corrected chi connectivity index (χ2v) is 5.06. The number of nitrogens with two attached hydrogens (primary N) is 2. The summed E-state index contributed by atoms with van der Waals surface area (Å²) in [6.45, 7) is 1.24. The van der Waals surface area contributed by atoms with Gasteiger partial charge in [0.05, 0.1) is 5.92 Å². The normalized spacial score (nSPS) is 21.1. The summed E-state index contributed by atoms with van der Waals surface area (Å²) in [6.07, 6.45) is 1.62. The van der Waals surface area contributed by atoms with E-state index in [-0.39, 0.29) is 17.7 Å². The number of rotatable bonds is 4. The lowest BCUT2D eigenvalue weighted by Gasteiger charge is -2.36. The van der Waals surface area contributed by atoms with Crippen LogP contribution < -0.4 is 17.0 Å². The number of benzene rings is 1. The lowest BCUT2D eigenvalue weighted by Crippen LogP contribution is -2.48. The predicted octanol–water partition coefficient (Wildman–Crippen LogP) is -0.0851. The van der Waals surface area contributed by atoms with Gasteiger partial charge in [-0.1, -0.05) is 30.3 Å². The van der Waals surface area contributed by atoms with E-state index in [4.69, 9.17) is 11.6 Å². The van der Waals surface area contributed by atoms with Crippen LogP contribution in [0.15, 0.2) is 30.3 Å². The Bertz CT molecular complexity index is 477. The van der Waals surface area contributed by atoms with Gasteiger partial charge in [0, 0.05) is 6.54 Å². The van der Waals surface area contributed by atoms with Crippen molar-refractivity contribution < 1.29 is 9.59 Å². The zero-order valence-electron chi connectivity index (χ0n) is 11.3. The predicted molar refractivity (Wildman–Crippen MR) is 75.0 cm³/mol. The van der Waals surface area contributed by atoms with E-state index in [2.05, 4.69) is 5.43 Å². The molecule has 0 spiro atoms. The maximum atomic E-state index is 12.1. The van der Waals surface area contributed by atoms with Crippen molar-refractivity contribution in [3.05, 3.63) is 35.9 Å². The monoisotopic (exact) mass is 276 g/mol. The Hall–Kier alpha value is -1.92. The largest absolute Gasteiger partial charge is 0.369 e. The highest BCUT2D eigenvalue weighted by atomic mass is 16.2. The maximum absolute atomic E-state index is 12.1. The standard InChI is InChI=1S/C14H20N4O2/c15-13(19)11-7-4-8-18(9-11)12(14(20)17-16)10-5-2-1-3-6-10/h1-3,5-6,11-12H,4,7-9,16H2,(H2,15,19)(H,17,20). The lowest BCUT2D eigenvalue weighted by molar-refractivity contribution is -0.130. The fourth-order valence-corrected chi connectivity index (χ4v) is 2.72. The third-order valence-electron chi connectivity index (χ3n) is 3.73. The maximum Gasteiger partial charge on any atom is 0.255 e. The minimum absolute atomic E-state index is 0.208. The van der Waals surface area contributed by atoms with Crippen LogP contribution in [0.5, 0.6) is 0 Å². The Labute approximate surface area is 118 Å². The number of likely N-dealkylation sites (tertiary alicyclic amines) is 1. The highest BCUT2D eigenvalue weighted by molar-refractivity contribution is 5.83. The first-order valence-corrected chi connectivity index (χ1v) is 6.72. The fourth-order valence-electron chi connectivity index (χ4n) is 2.72. The molecule has 20 heavy (non-hydrogen) atoms.